The van der Waals surface area contributed by atoms with Crippen molar-refractivity contribution in [2.75, 3.05) is 13.2 Å². The molecule has 3 unspecified atom stereocenters. The summed E-state index contributed by atoms with van der Waals surface area (Å²) in [7, 11) is 0. The van der Waals surface area contributed by atoms with E-state index >= 15 is 0 Å². The van der Waals surface area contributed by atoms with Crippen LogP contribution in [0.2, 0.25) is 0 Å². The fourth-order valence-electron chi connectivity index (χ4n) is 2.30. The third kappa shape index (κ3) is 5.84. The van der Waals surface area contributed by atoms with Crippen LogP contribution in [-0.4, -0.2) is 37.0 Å². The van der Waals surface area contributed by atoms with Crippen molar-refractivity contribution in [3.63, 3.8) is 0 Å². The molecule has 3 atom stereocenters. The highest BCUT2D eigenvalue weighted by molar-refractivity contribution is 4.85. The van der Waals surface area contributed by atoms with Gasteiger partial charge in [0.25, 0.3) is 0 Å². The van der Waals surface area contributed by atoms with Gasteiger partial charge in [0, 0.05) is 12.1 Å². The average Bonchev–Trinajstić information content (AvgIpc) is 2.24. The molecule has 0 aliphatic carbocycles. The van der Waals surface area contributed by atoms with Crippen LogP contribution >= 0.6 is 0 Å². The summed E-state index contributed by atoms with van der Waals surface area (Å²) in [5, 5.41) is 3.61. The van der Waals surface area contributed by atoms with Crippen LogP contribution in [0.3, 0.4) is 0 Å². The van der Waals surface area contributed by atoms with E-state index in [-0.39, 0.29) is 5.60 Å². The van der Waals surface area contributed by atoms with Crippen LogP contribution in [0.15, 0.2) is 0 Å². The zero-order chi connectivity index (χ0) is 12.9. The highest BCUT2D eigenvalue weighted by Crippen LogP contribution is 2.18. The molecule has 1 N–H and O–H groups in total. The van der Waals surface area contributed by atoms with Crippen molar-refractivity contribution in [1.82, 2.24) is 5.32 Å². The maximum atomic E-state index is 5.94. The second-order valence-corrected chi connectivity index (χ2v) is 6.03. The van der Waals surface area contributed by atoms with Gasteiger partial charge in [0.05, 0.1) is 24.9 Å². The number of rotatable bonds is 5. The molecule has 1 aliphatic rings. The monoisotopic (exact) mass is 243 g/mol. The lowest BCUT2D eigenvalue weighted by molar-refractivity contribution is -0.0663. The van der Waals surface area contributed by atoms with E-state index in [0.717, 1.165) is 6.42 Å². The SMILES string of the molecule is CCC1NC(C)CCC1OCCOC(C)(C)C. The average molecular weight is 243 g/mol. The molecule has 0 radical (unpaired) electrons. The first kappa shape index (κ1) is 14.9. The summed E-state index contributed by atoms with van der Waals surface area (Å²) in [6.07, 6.45) is 3.87. The van der Waals surface area contributed by atoms with E-state index in [9.17, 15) is 0 Å². The second kappa shape index (κ2) is 6.72. The summed E-state index contributed by atoms with van der Waals surface area (Å²) in [4.78, 5) is 0. The van der Waals surface area contributed by atoms with Gasteiger partial charge in [-0.25, -0.2) is 0 Å². The number of piperidine rings is 1. The normalized spacial score (nSPS) is 30.5. The Bertz CT molecular complexity index is 213. The molecule has 17 heavy (non-hydrogen) atoms. The molecule has 3 nitrogen and oxygen atoms in total. The Balaban J connectivity index is 2.21. The molecule has 0 aromatic rings. The van der Waals surface area contributed by atoms with Gasteiger partial charge in [0.15, 0.2) is 0 Å². The Labute approximate surface area is 106 Å². The minimum absolute atomic E-state index is 0.0627. The van der Waals surface area contributed by atoms with Gasteiger partial charge in [-0.05, 0) is 47.0 Å². The van der Waals surface area contributed by atoms with Crippen molar-refractivity contribution < 1.29 is 9.47 Å². The summed E-state index contributed by atoms with van der Waals surface area (Å²) < 4.78 is 11.6. The zero-order valence-corrected chi connectivity index (χ0v) is 12.1. The molecule has 1 rings (SSSR count). The summed E-state index contributed by atoms with van der Waals surface area (Å²) in [6, 6.07) is 1.14. The molecule has 1 fully saturated rings. The molecule has 0 saturated carbocycles. The van der Waals surface area contributed by atoms with Gasteiger partial charge in [-0.1, -0.05) is 6.92 Å². The van der Waals surface area contributed by atoms with E-state index in [0.29, 0.717) is 31.4 Å². The van der Waals surface area contributed by atoms with Crippen molar-refractivity contribution >= 4 is 0 Å². The summed E-state index contributed by atoms with van der Waals surface area (Å²) in [5.74, 6) is 0. The third-order valence-corrected chi connectivity index (χ3v) is 3.22. The first-order valence-electron chi connectivity index (χ1n) is 6.94. The summed E-state index contributed by atoms with van der Waals surface area (Å²) in [5.41, 5.74) is -0.0627. The molecule has 1 saturated heterocycles. The molecular weight excluding hydrogens is 214 g/mol. The van der Waals surface area contributed by atoms with Crippen LogP contribution in [-0.2, 0) is 9.47 Å². The molecule has 0 amide bonds. The van der Waals surface area contributed by atoms with Gasteiger partial charge < -0.3 is 14.8 Å². The maximum absolute atomic E-state index is 5.94. The molecule has 1 aliphatic heterocycles. The first-order chi connectivity index (χ1) is 7.92. The summed E-state index contributed by atoms with van der Waals surface area (Å²) in [6.45, 7) is 12.1. The van der Waals surface area contributed by atoms with Gasteiger partial charge in [-0.2, -0.15) is 0 Å². The maximum Gasteiger partial charge on any atom is 0.0729 e. The highest BCUT2D eigenvalue weighted by Gasteiger charge is 2.27. The quantitative estimate of drug-likeness (QED) is 0.753. The van der Waals surface area contributed by atoms with E-state index in [4.69, 9.17) is 9.47 Å². The zero-order valence-electron chi connectivity index (χ0n) is 12.1. The predicted molar refractivity (Wildman–Crippen MR) is 71.4 cm³/mol. The Morgan fingerprint density at radius 3 is 2.47 bits per heavy atom. The Kier molecular flexibility index (Phi) is 5.90. The molecule has 102 valence electrons. The fourth-order valence-corrected chi connectivity index (χ4v) is 2.30. The van der Waals surface area contributed by atoms with Crippen LogP contribution in [0.1, 0.15) is 53.9 Å². The Morgan fingerprint density at radius 1 is 1.18 bits per heavy atom. The van der Waals surface area contributed by atoms with E-state index in [1.807, 2.05) is 0 Å². The van der Waals surface area contributed by atoms with E-state index in [1.165, 1.54) is 12.8 Å². The topological polar surface area (TPSA) is 30.5 Å². The molecule has 0 spiro atoms. The lowest BCUT2D eigenvalue weighted by Gasteiger charge is -2.35. The fraction of sp³-hybridized carbons (Fsp3) is 1.00. The second-order valence-electron chi connectivity index (χ2n) is 6.03. The van der Waals surface area contributed by atoms with Crippen LogP contribution in [0.5, 0.6) is 0 Å². The van der Waals surface area contributed by atoms with Crippen LogP contribution in [0.4, 0.5) is 0 Å². The van der Waals surface area contributed by atoms with Gasteiger partial charge in [0.2, 0.25) is 0 Å². The molecule has 0 bridgehead atoms. The predicted octanol–water partition coefficient (Wildman–Crippen LogP) is 2.74. The molecule has 3 heteroatoms. The van der Waals surface area contributed by atoms with Crippen molar-refractivity contribution in [2.24, 2.45) is 0 Å². The van der Waals surface area contributed by atoms with Crippen LogP contribution in [0.25, 0.3) is 0 Å². The van der Waals surface area contributed by atoms with E-state index < -0.39 is 0 Å². The minimum atomic E-state index is -0.0627. The third-order valence-electron chi connectivity index (χ3n) is 3.22. The standard InChI is InChI=1S/C14H29NO2/c1-6-12-13(8-7-11(2)15-12)16-9-10-17-14(3,4)5/h11-13,15H,6-10H2,1-5H3. The Morgan fingerprint density at radius 2 is 1.88 bits per heavy atom. The van der Waals surface area contributed by atoms with E-state index in [2.05, 4.69) is 39.9 Å². The largest absolute Gasteiger partial charge is 0.374 e. The highest BCUT2D eigenvalue weighted by atomic mass is 16.5. The smallest absolute Gasteiger partial charge is 0.0729 e. The number of nitrogens with one attached hydrogen (secondary N) is 1. The van der Waals surface area contributed by atoms with Crippen LogP contribution < -0.4 is 5.32 Å². The lowest BCUT2D eigenvalue weighted by atomic mass is 9.95. The van der Waals surface area contributed by atoms with Crippen molar-refractivity contribution in [2.45, 2.75) is 77.7 Å². The number of hydrogen-bond donors (Lipinski definition) is 1. The van der Waals surface area contributed by atoms with Crippen LogP contribution in [0, 0.1) is 0 Å². The molecule has 0 aromatic carbocycles. The number of ether oxygens (including phenoxy) is 2. The van der Waals surface area contributed by atoms with Crippen molar-refractivity contribution in [3.8, 4) is 0 Å². The van der Waals surface area contributed by atoms with Crippen molar-refractivity contribution in [3.05, 3.63) is 0 Å². The molecule has 0 aromatic heterocycles. The minimum Gasteiger partial charge on any atom is -0.374 e. The van der Waals surface area contributed by atoms with Gasteiger partial charge in [0.1, 0.15) is 0 Å². The Hall–Kier alpha value is -0.120. The summed E-state index contributed by atoms with van der Waals surface area (Å²) >= 11 is 0. The van der Waals surface area contributed by atoms with E-state index in [1.54, 1.807) is 0 Å². The van der Waals surface area contributed by atoms with Gasteiger partial charge in [-0.15, -0.1) is 0 Å². The first-order valence-corrected chi connectivity index (χ1v) is 6.94. The molecular formula is C14H29NO2. The van der Waals surface area contributed by atoms with Crippen molar-refractivity contribution in [1.29, 1.82) is 0 Å². The number of hydrogen-bond acceptors (Lipinski definition) is 3. The lowest BCUT2D eigenvalue weighted by Crippen LogP contribution is -2.50. The van der Waals surface area contributed by atoms with Gasteiger partial charge >= 0.3 is 0 Å². The molecule has 1 heterocycles. The van der Waals surface area contributed by atoms with Gasteiger partial charge in [-0.3, -0.25) is 0 Å².